The van der Waals surface area contributed by atoms with Crippen LogP contribution in [0.15, 0.2) is 48.5 Å². The number of nitrogens with two attached hydrogens (primary N) is 1. The maximum Gasteiger partial charge on any atom is 0.323 e. The number of benzene rings is 2. The van der Waals surface area contributed by atoms with Crippen LogP contribution in [0.5, 0.6) is 11.5 Å². The van der Waals surface area contributed by atoms with Gasteiger partial charge in [-0.1, -0.05) is 24.3 Å². The topological polar surface area (TPSA) is 70.8 Å². The Labute approximate surface area is 142 Å². The summed E-state index contributed by atoms with van der Waals surface area (Å²) in [5, 5.41) is 0. The van der Waals surface area contributed by atoms with Crippen LogP contribution in [0.3, 0.4) is 0 Å². The number of esters is 1. The smallest absolute Gasteiger partial charge is 0.323 e. The van der Waals surface area contributed by atoms with E-state index in [4.69, 9.17) is 19.9 Å². The Hall–Kier alpha value is -2.53. The van der Waals surface area contributed by atoms with E-state index in [1.807, 2.05) is 48.5 Å². The predicted molar refractivity (Wildman–Crippen MR) is 92.1 cm³/mol. The Balaban J connectivity index is 2.07. The Kier molecular flexibility index (Phi) is 6.63. The standard InChI is InChI=1S/C19H23NO4/c1-3-23-19(21)17(20)12-14-9-10-18(22-2)15(11-14)13-24-16-7-5-4-6-8-16/h4-11,17H,3,12-13,20H2,1-2H3. The van der Waals surface area contributed by atoms with Gasteiger partial charge in [-0.2, -0.15) is 0 Å². The van der Waals surface area contributed by atoms with Crippen molar-refractivity contribution < 1.29 is 19.0 Å². The Morgan fingerprint density at radius 3 is 2.58 bits per heavy atom. The lowest BCUT2D eigenvalue weighted by Gasteiger charge is -2.14. The van der Waals surface area contributed by atoms with Gasteiger partial charge in [-0.25, -0.2) is 0 Å². The molecule has 2 rings (SSSR count). The van der Waals surface area contributed by atoms with Crippen LogP contribution in [-0.2, 0) is 22.6 Å². The van der Waals surface area contributed by atoms with Gasteiger partial charge >= 0.3 is 5.97 Å². The molecule has 0 aliphatic rings. The molecule has 128 valence electrons. The second-order valence-electron chi connectivity index (χ2n) is 5.31. The fourth-order valence-corrected chi connectivity index (χ4v) is 2.34. The van der Waals surface area contributed by atoms with Gasteiger partial charge < -0.3 is 19.9 Å². The zero-order valence-electron chi connectivity index (χ0n) is 14.0. The minimum Gasteiger partial charge on any atom is -0.496 e. The van der Waals surface area contributed by atoms with Gasteiger partial charge in [0.25, 0.3) is 0 Å². The average molecular weight is 329 g/mol. The van der Waals surface area contributed by atoms with Crippen molar-refractivity contribution in [3.8, 4) is 11.5 Å². The molecule has 0 saturated heterocycles. The third-order valence-electron chi connectivity index (χ3n) is 3.53. The van der Waals surface area contributed by atoms with Gasteiger partial charge in [0.15, 0.2) is 0 Å². The normalized spacial score (nSPS) is 11.6. The Morgan fingerprint density at radius 2 is 1.92 bits per heavy atom. The zero-order chi connectivity index (χ0) is 17.4. The Morgan fingerprint density at radius 1 is 1.17 bits per heavy atom. The molecule has 2 aromatic rings. The molecule has 0 amide bonds. The van der Waals surface area contributed by atoms with Gasteiger partial charge in [-0.3, -0.25) is 4.79 Å². The van der Waals surface area contributed by atoms with Crippen molar-refractivity contribution in [1.29, 1.82) is 0 Å². The van der Waals surface area contributed by atoms with Crippen LogP contribution in [0.1, 0.15) is 18.1 Å². The van der Waals surface area contributed by atoms with E-state index >= 15 is 0 Å². The second-order valence-corrected chi connectivity index (χ2v) is 5.31. The van der Waals surface area contributed by atoms with Crippen molar-refractivity contribution in [1.82, 2.24) is 0 Å². The first-order valence-electron chi connectivity index (χ1n) is 7.90. The van der Waals surface area contributed by atoms with E-state index in [9.17, 15) is 4.79 Å². The van der Waals surface area contributed by atoms with E-state index in [1.54, 1.807) is 14.0 Å². The van der Waals surface area contributed by atoms with Crippen molar-refractivity contribution in [2.75, 3.05) is 13.7 Å². The first-order chi connectivity index (χ1) is 11.6. The third-order valence-corrected chi connectivity index (χ3v) is 3.53. The van der Waals surface area contributed by atoms with Crippen LogP contribution in [0.2, 0.25) is 0 Å². The number of para-hydroxylation sites is 1. The molecule has 0 aliphatic carbocycles. The molecule has 1 atom stereocenters. The van der Waals surface area contributed by atoms with E-state index in [0.29, 0.717) is 19.6 Å². The summed E-state index contributed by atoms with van der Waals surface area (Å²) in [6, 6.07) is 14.6. The molecule has 2 N–H and O–H groups in total. The number of hydrogen-bond donors (Lipinski definition) is 1. The minimum absolute atomic E-state index is 0.325. The Bertz CT molecular complexity index is 658. The summed E-state index contributed by atoms with van der Waals surface area (Å²) < 4.78 is 16.1. The van der Waals surface area contributed by atoms with Crippen LogP contribution in [0, 0.1) is 0 Å². The molecule has 0 fully saturated rings. The minimum atomic E-state index is -0.679. The first-order valence-corrected chi connectivity index (χ1v) is 7.90. The number of methoxy groups -OCH3 is 1. The molecule has 0 radical (unpaired) electrons. The largest absolute Gasteiger partial charge is 0.496 e. The molecule has 5 nitrogen and oxygen atoms in total. The SMILES string of the molecule is CCOC(=O)C(N)Cc1ccc(OC)c(COc2ccccc2)c1. The molecule has 0 saturated carbocycles. The summed E-state index contributed by atoms with van der Waals surface area (Å²) in [7, 11) is 1.62. The molecule has 0 spiro atoms. The van der Waals surface area contributed by atoms with Gasteiger partial charge in [-0.15, -0.1) is 0 Å². The number of ether oxygens (including phenoxy) is 3. The van der Waals surface area contributed by atoms with Crippen molar-refractivity contribution in [2.45, 2.75) is 26.0 Å². The van der Waals surface area contributed by atoms with Crippen molar-refractivity contribution in [3.05, 3.63) is 59.7 Å². The van der Waals surface area contributed by atoms with Gasteiger partial charge in [0.2, 0.25) is 0 Å². The highest BCUT2D eigenvalue weighted by Gasteiger charge is 2.16. The van der Waals surface area contributed by atoms with Crippen LogP contribution < -0.4 is 15.2 Å². The lowest BCUT2D eigenvalue weighted by atomic mass is 10.0. The molecule has 0 bridgehead atoms. The monoisotopic (exact) mass is 329 g/mol. The molecule has 2 aromatic carbocycles. The lowest BCUT2D eigenvalue weighted by Crippen LogP contribution is -2.34. The first kappa shape index (κ1) is 17.8. The quantitative estimate of drug-likeness (QED) is 0.754. The summed E-state index contributed by atoms with van der Waals surface area (Å²) in [6.45, 7) is 2.46. The highest BCUT2D eigenvalue weighted by molar-refractivity contribution is 5.75. The van der Waals surface area contributed by atoms with Gasteiger partial charge in [0, 0.05) is 5.56 Å². The lowest BCUT2D eigenvalue weighted by molar-refractivity contribution is -0.144. The summed E-state index contributed by atoms with van der Waals surface area (Å²) in [4.78, 5) is 11.7. The number of hydrogen-bond acceptors (Lipinski definition) is 5. The maximum absolute atomic E-state index is 11.7. The molecular formula is C19H23NO4. The predicted octanol–water partition coefficient (Wildman–Crippen LogP) is 2.71. The van der Waals surface area contributed by atoms with Crippen LogP contribution in [0.25, 0.3) is 0 Å². The van der Waals surface area contributed by atoms with Gasteiger partial charge in [0.1, 0.15) is 24.1 Å². The highest BCUT2D eigenvalue weighted by atomic mass is 16.5. The van der Waals surface area contributed by atoms with E-state index in [-0.39, 0.29) is 0 Å². The van der Waals surface area contributed by atoms with Gasteiger partial charge in [-0.05, 0) is 43.2 Å². The molecular weight excluding hydrogens is 306 g/mol. The van der Waals surface area contributed by atoms with Crippen LogP contribution >= 0.6 is 0 Å². The fourth-order valence-electron chi connectivity index (χ4n) is 2.34. The van der Waals surface area contributed by atoms with E-state index in [1.165, 1.54) is 0 Å². The summed E-state index contributed by atoms with van der Waals surface area (Å²) >= 11 is 0. The number of rotatable bonds is 8. The van der Waals surface area contributed by atoms with Gasteiger partial charge in [0.05, 0.1) is 13.7 Å². The average Bonchev–Trinajstić information content (AvgIpc) is 2.61. The van der Waals surface area contributed by atoms with E-state index in [2.05, 4.69) is 0 Å². The summed E-state index contributed by atoms with van der Waals surface area (Å²) in [5.74, 6) is 1.13. The number of carbonyl (C=O) groups excluding carboxylic acids is 1. The molecule has 1 unspecified atom stereocenters. The molecule has 5 heteroatoms. The highest BCUT2D eigenvalue weighted by Crippen LogP contribution is 2.23. The maximum atomic E-state index is 11.7. The fraction of sp³-hybridized carbons (Fsp3) is 0.316. The van der Waals surface area contributed by atoms with Crippen LogP contribution in [-0.4, -0.2) is 25.7 Å². The number of carbonyl (C=O) groups is 1. The molecule has 0 aliphatic heterocycles. The van der Waals surface area contributed by atoms with Crippen LogP contribution in [0.4, 0.5) is 0 Å². The molecule has 0 aromatic heterocycles. The van der Waals surface area contributed by atoms with Crippen molar-refractivity contribution in [2.24, 2.45) is 5.73 Å². The van der Waals surface area contributed by atoms with E-state index in [0.717, 1.165) is 22.6 Å². The van der Waals surface area contributed by atoms with Crippen molar-refractivity contribution >= 4 is 5.97 Å². The molecule has 24 heavy (non-hydrogen) atoms. The molecule has 0 heterocycles. The van der Waals surface area contributed by atoms with E-state index < -0.39 is 12.0 Å². The zero-order valence-corrected chi connectivity index (χ0v) is 14.0. The third kappa shape index (κ3) is 4.99. The second kappa shape index (κ2) is 8.93. The summed E-state index contributed by atoms with van der Waals surface area (Å²) in [6.07, 6.45) is 0.404. The summed E-state index contributed by atoms with van der Waals surface area (Å²) in [5.41, 5.74) is 7.72. The van der Waals surface area contributed by atoms with Crippen molar-refractivity contribution in [3.63, 3.8) is 0 Å².